The summed E-state index contributed by atoms with van der Waals surface area (Å²) in [7, 11) is 0. The Morgan fingerprint density at radius 1 is 1.20 bits per heavy atom. The molecule has 0 radical (unpaired) electrons. The third kappa shape index (κ3) is 3.92. The summed E-state index contributed by atoms with van der Waals surface area (Å²) in [5, 5.41) is 0. The van der Waals surface area contributed by atoms with E-state index in [1.165, 1.54) is 10.4 Å². The van der Waals surface area contributed by atoms with Crippen LogP contribution in [0.1, 0.15) is 30.3 Å². The summed E-state index contributed by atoms with van der Waals surface area (Å²) in [4.78, 5) is 3.77. The van der Waals surface area contributed by atoms with E-state index in [0.29, 0.717) is 0 Å². The molecule has 0 aliphatic heterocycles. The standard InChI is InChI=1S/C16H21BrN2S/c1-3-19(11-13-7-5-4-6-8-13)16(12(2)18)14-9-10-15(17)20-14/h4-10,12,16H,3,11,18H2,1-2H3. The molecule has 1 aromatic heterocycles. The topological polar surface area (TPSA) is 29.3 Å². The van der Waals surface area contributed by atoms with Gasteiger partial charge in [0.05, 0.1) is 9.83 Å². The van der Waals surface area contributed by atoms with Crippen molar-refractivity contribution in [3.63, 3.8) is 0 Å². The molecule has 0 amide bonds. The first-order chi connectivity index (χ1) is 9.61. The fraction of sp³-hybridized carbons (Fsp3) is 0.375. The molecule has 4 heteroatoms. The Labute approximate surface area is 133 Å². The van der Waals surface area contributed by atoms with Gasteiger partial charge in [-0.25, -0.2) is 0 Å². The van der Waals surface area contributed by atoms with Crippen molar-refractivity contribution in [2.24, 2.45) is 5.73 Å². The van der Waals surface area contributed by atoms with E-state index in [9.17, 15) is 0 Å². The lowest BCUT2D eigenvalue weighted by Gasteiger charge is -2.33. The van der Waals surface area contributed by atoms with Gasteiger partial charge in [-0.3, -0.25) is 4.90 Å². The normalized spacial score (nSPS) is 14.4. The molecule has 2 aromatic rings. The number of thiophene rings is 1. The smallest absolute Gasteiger partial charge is 0.0702 e. The highest BCUT2D eigenvalue weighted by atomic mass is 79.9. The SMILES string of the molecule is CCN(Cc1ccccc1)C(c1ccc(Br)s1)C(C)N. The van der Waals surface area contributed by atoms with Crippen LogP contribution in [0.2, 0.25) is 0 Å². The van der Waals surface area contributed by atoms with Crippen LogP contribution in [0.5, 0.6) is 0 Å². The maximum Gasteiger partial charge on any atom is 0.0702 e. The molecule has 108 valence electrons. The van der Waals surface area contributed by atoms with E-state index in [2.05, 4.69) is 77.1 Å². The Balaban J connectivity index is 2.22. The fourth-order valence-corrected chi connectivity index (χ4v) is 4.16. The summed E-state index contributed by atoms with van der Waals surface area (Å²) in [6.07, 6.45) is 0. The highest BCUT2D eigenvalue weighted by Crippen LogP contribution is 2.33. The van der Waals surface area contributed by atoms with Gasteiger partial charge in [0.1, 0.15) is 0 Å². The van der Waals surface area contributed by atoms with Crippen molar-refractivity contribution < 1.29 is 0 Å². The highest BCUT2D eigenvalue weighted by molar-refractivity contribution is 9.11. The molecular weight excluding hydrogens is 332 g/mol. The zero-order valence-corrected chi connectivity index (χ0v) is 14.3. The van der Waals surface area contributed by atoms with Crippen molar-refractivity contribution in [1.29, 1.82) is 0 Å². The number of benzene rings is 1. The molecule has 0 aliphatic carbocycles. The molecule has 2 nitrogen and oxygen atoms in total. The van der Waals surface area contributed by atoms with Gasteiger partial charge in [-0.1, -0.05) is 37.3 Å². The Kier molecular flexibility index (Phi) is 5.78. The summed E-state index contributed by atoms with van der Waals surface area (Å²) >= 11 is 5.32. The number of likely N-dealkylation sites (N-methyl/N-ethyl adjacent to an activating group) is 1. The van der Waals surface area contributed by atoms with E-state index >= 15 is 0 Å². The molecule has 0 fully saturated rings. The van der Waals surface area contributed by atoms with E-state index in [4.69, 9.17) is 5.73 Å². The van der Waals surface area contributed by atoms with Crippen molar-refractivity contribution in [3.05, 3.63) is 56.7 Å². The van der Waals surface area contributed by atoms with Crippen molar-refractivity contribution in [1.82, 2.24) is 4.90 Å². The van der Waals surface area contributed by atoms with Crippen LogP contribution < -0.4 is 5.73 Å². The number of halogens is 1. The quantitative estimate of drug-likeness (QED) is 0.833. The zero-order chi connectivity index (χ0) is 14.5. The lowest BCUT2D eigenvalue weighted by molar-refractivity contribution is 0.180. The van der Waals surface area contributed by atoms with Gasteiger partial charge in [0.25, 0.3) is 0 Å². The molecule has 1 heterocycles. The highest BCUT2D eigenvalue weighted by Gasteiger charge is 2.24. The first-order valence-electron chi connectivity index (χ1n) is 6.90. The van der Waals surface area contributed by atoms with Crippen LogP contribution in [-0.4, -0.2) is 17.5 Å². The number of nitrogens with two attached hydrogens (primary N) is 1. The van der Waals surface area contributed by atoms with E-state index < -0.39 is 0 Å². The molecule has 2 atom stereocenters. The first kappa shape index (κ1) is 15.7. The third-order valence-corrected chi connectivity index (χ3v) is 5.11. The van der Waals surface area contributed by atoms with Crippen molar-refractivity contribution in [2.45, 2.75) is 32.5 Å². The molecule has 2 unspecified atom stereocenters. The Bertz CT molecular complexity index is 524. The Morgan fingerprint density at radius 2 is 1.90 bits per heavy atom. The van der Waals surface area contributed by atoms with E-state index in [-0.39, 0.29) is 12.1 Å². The summed E-state index contributed by atoms with van der Waals surface area (Å²) in [5.41, 5.74) is 7.59. The minimum atomic E-state index is 0.101. The van der Waals surface area contributed by atoms with Crippen molar-refractivity contribution in [3.8, 4) is 0 Å². The second kappa shape index (κ2) is 7.36. The van der Waals surface area contributed by atoms with Crippen LogP contribution in [0.4, 0.5) is 0 Å². The molecule has 0 bridgehead atoms. The second-order valence-electron chi connectivity index (χ2n) is 4.99. The summed E-state index contributed by atoms with van der Waals surface area (Å²) in [5.74, 6) is 0. The number of nitrogens with zero attached hydrogens (tertiary/aromatic N) is 1. The lowest BCUT2D eigenvalue weighted by atomic mass is 10.1. The van der Waals surface area contributed by atoms with Crippen LogP contribution in [0.25, 0.3) is 0 Å². The van der Waals surface area contributed by atoms with Crippen LogP contribution in [0.15, 0.2) is 46.3 Å². The number of hydrogen-bond donors (Lipinski definition) is 1. The molecule has 2 N–H and O–H groups in total. The molecule has 2 rings (SSSR count). The van der Waals surface area contributed by atoms with Crippen LogP contribution in [0, 0.1) is 0 Å². The largest absolute Gasteiger partial charge is 0.326 e. The predicted molar refractivity (Wildman–Crippen MR) is 90.9 cm³/mol. The van der Waals surface area contributed by atoms with E-state index in [0.717, 1.165) is 16.9 Å². The van der Waals surface area contributed by atoms with Gasteiger partial charge in [0.15, 0.2) is 0 Å². The van der Waals surface area contributed by atoms with Crippen molar-refractivity contribution >= 4 is 27.3 Å². The molecule has 0 aliphatic rings. The van der Waals surface area contributed by atoms with Gasteiger partial charge in [0, 0.05) is 17.5 Å². The maximum atomic E-state index is 6.26. The molecule has 1 aromatic carbocycles. The Hall–Kier alpha value is -0.680. The van der Waals surface area contributed by atoms with Gasteiger partial charge in [0.2, 0.25) is 0 Å². The van der Waals surface area contributed by atoms with E-state index in [1.54, 1.807) is 11.3 Å². The van der Waals surface area contributed by atoms with E-state index in [1.807, 2.05) is 0 Å². The second-order valence-corrected chi connectivity index (χ2v) is 7.49. The van der Waals surface area contributed by atoms with Crippen LogP contribution >= 0.6 is 27.3 Å². The average Bonchev–Trinajstić information content (AvgIpc) is 2.85. The van der Waals surface area contributed by atoms with Gasteiger partial charge in [-0.2, -0.15) is 0 Å². The van der Waals surface area contributed by atoms with Crippen molar-refractivity contribution in [2.75, 3.05) is 6.54 Å². The molecule has 0 spiro atoms. The van der Waals surface area contributed by atoms with Gasteiger partial charge >= 0.3 is 0 Å². The fourth-order valence-electron chi connectivity index (χ4n) is 2.48. The monoisotopic (exact) mass is 352 g/mol. The zero-order valence-electron chi connectivity index (χ0n) is 11.9. The average molecular weight is 353 g/mol. The third-order valence-electron chi connectivity index (χ3n) is 3.41. The molecular formula is C16H21BrN2S. The van der Waals surface area contributed by atoms with Crippen LogP contribution in [0.3, 0.4) is 0 Å². The number of rotatable bonds is 6. The summed E-state index contributed by atoms with van der Waals surface area (Å²) in [6, 6.07) is 15.2. The van der Waals surface area contributed by atoms with Gasteiger partial charge < -0.3 is 5.73 Å². The molecule has 0 saturated carbocycles. The number of hydrogen-bond acceptors (Lipinski definition) is 3. The molecule has 0 saturated heterocycles. The summed E-state index contributed by atoms with van der Waals surface area (Å²) < 4.78 is 1.16. The van der Waals surface area contributed by atoms with Gasteiger partial charge in [-0.05, 0) is 47.1 Å². The minimum Gasteiger partial charge on any atom is -0.326 e. The minimum absolute atomic E-state index is 0.101. The van der Waals surface area contributed by atoms with Crippen LogP contribution in [-0.2, 0) is 6.54 Å². The first-order valence-corrected chi connectivity index (χ1v) is 8.51. The van der Waals surface area contributed by atoms with Gasteiger partial charge in [-0.15, -0.1) is 11.3 Å². The predicted octanol–water partition coefficient (Wildman–Crippen LogP) is 4.42. The lowest BCUT2D eigenvalue weighted by Crippen LogP contribution is -2.38. The molecule has 20 heavy (non-hydrogen) atoms. The maximum absolute atomic E-state index is 6.26. The Morgan fingerprint density at radius 3 is 2.40 bits per heavy atom. The summed E-state index contributed by atoms with van der Waals surface area (Å²) in [6.45, 7) is 6.20.